The van der Waals surface area contributed by atoms with E-state index in [9.17, 15) is 26.3 Å². The summed E-state index contributed by atoms with van der Waals surface area (Å²) in [6, 6.07) is 1.13. The third-order valence-electron chi connectivity index (χ3n) is 1.87. The van der Waals surface area contributed by atoms with E-state index in [4.69, 9.17) is 4.74 Å². The largest absolute Gasteiger partial charge is 0.573 e. The van der Waals surface area contributed by atoms with Gasteiger partial charge in [-0.15, -0.1) is 13.2 Å². The van der Waals surface area contributed by atoms with Crippen LogP contribution < -0.4 is 9.47 Å². The molecule has 0 saturated carbocycles. The highest BCUT2D eigenvalue weighted by atomic mass is 127. The molecule has 108 valence electrons. The van der Waals surface area contributed by atoms with Crippen LogP contribution in [0, 0.1) is 3.57 Å². The minimum atomic E-state index is -5.06. The van der Waals surface area contributed by atoms with Gasteiger partial charge < -0.3 is 9.47 Å². The molecule has 0 atom stereocenters. The molecule has 0 radical (unpaired) electrons. The molecule has 1 aromatic carbocycles. The van der Waals surface area contributed by atoms with E-state index in [1.165, 1.54) is 29.5 Å². The lowest BCUT2D eigenvalue weighted by molar-refractivity contribution is -0.275. The molecule has 2 nitrogen and oxygen atoms in total. The predicted molar refractivity (Wildman–Crippen MR) is 62.0 cm³/mol. The third kappa shape index (κ3) is 4.62. The molecule has 0 heterocycles. The Labute approximate surface area is 117 Å². The number of benzene rings is 1. The fraction of sp³-hybridized carbons (Fsp3) is 0.400. The Morgan fingerprint density at radius 1 is 1.05 bits per heavy atom. The maximum Gasteiger partial charge on any atom is 0.573 e. The van der Waals surface area contributed by atoms with Gasteiger partial charge in [-0.25, -0.2) is 0 Å². The summed E-state index contributed by atoms with van der Waals surface area (Å²) in [6.45, 7) is 1.42. The van der Waals surface area contributed by atoms with Crippen LogP contribution in [0.25, 0.3) is 0 Å². The van der Waals surface area contributed by atoms with Gasteiger partial charge in [-0.2, -0.15) is 13.2 Å². The van der Waals surface area contributed by atoms with Crippen LogP contribution in [-0.2, 0) is 6.18 Å². The van der Waals surface area contributed by atoms with Crippen molar-refractivity contribution in [3.63, 3.8) is 0 Å². The van der Waals surface area contributed by atoms with Crippen LogP contribution in [-0.4, -0.2) is 13.0 Å². The minimum Gasteiger partial charge on any atom is -0.493 e. The van der Waals surface area contributed by atoms with Gasteiger partial charge in [0.15, 0.2) is 0 Å². The van der Waals surface area contributed by atoms with Crippen molar-refractivity contribution in [3.8, 4) is 11.5 Å². The molecule has 19 heavy (non-hydrogen) atoms. The highest BCUT2D eigenvalue weighted by molar-refractivity contribution is 14.1. The number of hydrogen-bond donors (Lipinski definition) is 0. The van der Waals surface area contributed by atoms with Gasteiger partial charge in [-0.05, 0) is 41.6 Å². The average molecular weight is 400 g/mol. The second kappa shape index (κ2) is 5.63. The summed E-state index contributed by atoms with van der Waals surface area (Å²) in [6.07, 6.45) is -9.89. The molecule has 0 aromatic heterocycles. The summed E-state index contributed by atoms with van der Waals surface area (Å²) in [5.41, 5.74) is -1.31. The van der Waals surface area contributed by atoms with Crippen molar-refractivity contribution in [2.75, 3.05) is 6.61 Å². The molecule has 0 bridgehead atoms. The molecule has 0 fully saturated rings. The first kappa shape index (κ1) is 16.2. The molecule has 0 aliphatic heterocycles. The van der Waals surface area contributed by atoms with Crippen molar-refractivity contribution in [1.82, 2.24) is 0 Å². The van der Waals surface area contributed by atoms with Crippen molar-refractivity contribution in [2.45, 2.75) is 19.5 Å². The van der Waals surface area contributed by atoms with Crippen LogP contribution >= 0.6 is 22.6 Å². The standard InChI is InChI=1S/C10H7F6IO2/c1-2-18-7-4-6(17)8(19-10(14,15)16)3-5(7)9(11,12)13/h3-4H,2H2,1H3. The Hall–Kier alpha value is -0.870. The van der Waals surface area contributed by atoms with Crippen LogP contribution in [0.1, 0.15) is 12.5 Å². The first-order valence-electron chi connectivity index (χ1n) is 4.84. The van der Waals surface area contributed by atoms with Crippen LogP contribution in [0.5, 0.6) is 11.5 Å². The molecule has 0 saturated heterocycles. The molecule has 9 heteroatoms. The fourth-order valence-electron chi connectivity index (χ4n) is 1.23. The average Bonchev–Trinajstić information content (AvgIpc) is 2.18. The zero-order valence-electron chi connectivity index (χ0n) is 9.32. The van der Waals surface area contributed by atoms with Crippen molar-refractivity contribution in [3.05, 3.63) is 21.3 Å². The second-order valence-electron chi connectivity index (χ2n) is 3.26. The van der Waals surface area contributed by atoms with E-state index in [2.05, 4.69) is 4.74 Å². The number of ether oxygens (including phenoxy) is 2. The second-order valence-corrected chi connectivity index (χ2v) is 4.42. The van der Waals surface area contributed by atoms with E-state index in [0.29, 0.717) is 0 Å². The SMILES string of the molecule is CCOc1cc(I)c(OC(F)(F)F)cc1C(F)(F)F. The molecule has 1 rings (SSSR count). The van der Waals surface area contributed by atoms with Crippen LogP contribution in [0.2, 0.25) is 0 Å². The Bertz CT molecular complexity index is 455. The van der Waals surface area contributed by atoms with Gasteiger partial charge in [0.25, 0.3) is 0 Å². The highest BCUT2D eigenvalue weighted by Crippen LogP contribution is 2.41. The lowest BCUT2D eigenvalue weighted by atomic mass is 10.2. The number of rotatable bonds is 3. The van der Waals surface area contributed by atoms with Crippen molar-refractivity contribution in [1.29, 1.82) is 0 Å². The normalized spacial score (nSPS) is 12.4. The van der Waals surface area contributed by atoms with Crippen LogP contribution in [0.3, 0.4) is 0 Å². The quantitative estimate of drug-likeness (QED) is 0.545. The lowest BCUT2D eigenvalue weighted by Crippen LogP contribution is -2.19. The molecular weight excluding hydrogens is 393 g/mol. The predicted octanol–water partition coefficient (Wildman–Crippen LogP) is 4.61. The first-order valence-corrected chi connectivity index (χ1v) is 5.91. The zero-order chi connectivity index (χ0) is 14.8. The molecule has 1 aromatic rings. The third-order valence-corrected chi connectivity index (χ3v) is 2.71. The summed E-state index contributed by atoms with van der Waals surface area (Å²) >= 11 is 1.44. The molecule has 0 aliphatic carbocycles. The molecule has 0 N–H and O–H groups in total. The van der Waals surface area contributed by atoms with Gasteiger partial charge in [0.05, 0.1) is 10.2 Å². The van der Waals surface area contributed by atoms with E-state index in [1.807, 2.05) is 0 Å². The molecule has 0 amide bonds. The summed E-state index contributed by atoms with van der Waals surface area (Å²) in [5.74, 6) is -1.45. The topological polar surface area (TPSA) is 18.5 Å². The Morgan fingerprint density at radius 3 is 2.05 bits per heavy atom. The summed E-state index contributed by atoms with van der Waals surface area (Å²) in [7, 11) is 0. The Kier molecular flexibility index (Phi) is 4.80. The molecular formula is C10H7F6IO2. The van der Waals surface area contributed by atoms with Gasteiger partial charge in [0, 0.05) is 0 Å². The maximum atomic E-state index is 12.7. The lowest BCUT2D eigenvalue weighted by Gasteiger charge is -2.17. The first-order chi connectivity index (χ1) is 8.54. The Morgan fingerprint density at radius 2 is 1.63 bits per heavy atom. The van der Waals surface area contributed by atoms with Crippen LogP contribution in [0.15, 0.2) is 12.1 Å². The van der Waals surface area contributed by atoms with E-state index >= 15 is 0 Å². The van der Waals surface area contributed by atoms with E-state index in [0.717, 1.165) is 6.07 Å². The van der Waals surface area contributed by atoms with E-state index in [1.54, 1.807) is 0 Å². The smallest absolute Gasteiger partial charge is 0.493 e. The number of halogens is 7. The van der Waals surface area contributed by atoms with Gasteiger partial charge in [-0.1, -0.05) is 0 Å². The van der Waals surface area contributed by atoms with E-state index in [-0.39, 0.29) is 16.2 Å². The van der Waals surface area contributed by atoms with E-state index < -0.39 is 29.6 Å². The van der Waals surface area contributed by atoms with Gasteiger partial charge in [0.1, 0.15) is 17.1 Å². The molecule has 0 unspecified atom stereocenters. The van der Waals surface area contributed by atoms with Gasteiger partial charge in [-0.3, -0.25) is 0 Å². The summed E-state index contributed by atoms with van der Waals surface area (Å²) in [4.78, 5) is 0. The van der Waals surface area contributed by atoms with Gasteiger partial charge in [0.2, 0.25) is 0 Å². The Balaban J connectivity index is 3.30. The summed E-state index contributed by atoms with van der Waals surface area (Å²) in [5, 5.41) is 0. The van der Waals surface area contributed by atoms with Crippen molar-refractivity contribution < 1.29 is 35.8 Å². The fourth-order valence-corrected chi connectivity index (χ4v) is 1.78. The highest BCUT2D eigenvalue weighted by Gasteiger charge is 2.38. The zero-order valence-corrected chi connectivity index (χ0v) is 11.5. The van der Waals surface area contributed by atoms with Crippen molar-refractivity contribution in [2.24, 2.45) is 0 Å². The minimum absolute atomic E-state index is 0.0430. The number of hydrogen-bond acceptors (Lipinski definition) is 2. The van der Waals surface area contributed by atoms with Crippen molar-refractivity contribution >= 4 is 22.6 Å². The maximum absolute atomic E-state index is 12.7. The molecule has 0 spiro atoms. The number of alkyl halides is 6. The monoisotopic (exact) mass is 400 g/mol. The molecule has 0 aliphatic rings. The van der Waals surface area contributed by atoms with Crippen LogP contribution in [0.4, 0.5) is 26.3 Å². The van der Waals surface area contributed by atoms with Gasteiger partial charge >= 0.3 is 12.5 Å². The summed E-state index contributed by atoms with van der Waals surface area (Å²) < 4.78 is 82.4.